The number of rotatable bonds is 5. The minimum absolute atomic E-state index is 0.0268. The summed E-state index contributed by atoms with van der Waals surface area (Å²) in [5, 5.41) is -0.793. The summed E-state index contributed by atoms with van der Waals surface area (Å²) < 4.78 is 50.8. The van der Waals surface area contributed by atoms with Crippen LogP contribution in [0.1, 0.15) is 23.6 Å². The molecule has 29 heavy (non-hydrogen) atoms. The lowest BCUT2D eigenvalue weighted by Gasteiger charge is -2.39. The van der Waals surface area contributed by atoms with Crippen molar-refractivity contribution in [3.8, 4) is 0 Å². The highest BCUT2D eigenvalue weighted by Gasteiger charge is 2.41. The molecule has 2 heterocycles. The molecular weight excluding hydrogens is 408 g/mol. The fraction of sp³-hybridized carbons (Fsp3) is 0.429. The summed E-state index contributed by atoms with van der Waals surface area (Å²) in [5.41, 5.74) is 2.36. The van der Waals surface area contributed by atoms with E-state index in [9.17, 15) is 16.8 Å². The van der Waals surface area contributed by atoms with Gasteiger partial charge in [0.25, 0.3) is 0 Å². The van der Waals surface area contributed by atoms with Gasteiger partial charge < -0.3 is 0 Å². The van der Waals surface area contributed by atoms with Gasteiger partial charge in [-0.2, -0.15) is 4.31 Å². The first-order valence-corrected chi connectivity index (χ1v) is 13.2. The monoisotopic (exact) mass is 434 g/mol. The number of hydrogen-bond donors (Lipinski definition) is 0. The zero-order valence-electron chi connectivity index (χ0n) is 16.2. The fourth-order valence-electron chi connectivity index (χ4n) is 4.31. The molecule has 2 aromatic rings. The second-order valence-corrected chi connectivity index (χ2v) is 12.2. The van der Waals surface area contributed by atoms with Gasteiger partial charge >= 0.3 is 0 Å². The van der Waals surface area contributed by atoms with Gasteiger partial charge in [0.15, 0.2) is 9.84 Å². The molecule has 0 N–H and O–H groups in total. The minimum Gasteiger partial charge on any atom is -0.290 e. The van der Waals surface area contributed by atoms with Crippen LogP contribution in [0.25, 0.3) is 0 Å². The van der Waals surface area contributed by atoms with E-state index in [2.05, 4.69) is 29.2 Å². The van der Waals surface area contributed by atoms with Gasteiger partial charge in [-0.25, -0.2) is 16.8 Å². The van der Waals surface area contributed by atoms with Crippen molar-refractivity contribution < 1.29 is 16.8 Å². The topological polar surface area (TPSA) is 74.8 Å². The van der Waals surface area contributed by atoms with Crippen molar-refractivity contribution in [3.05, 3.63) is 71.8 Å². The maximum atomic E-state index is 12.9. The lowest BCUT2D eigenvalue weighted by molar-refractivity contribution is 0.155. The molecule has 2 aromatic carbocycles. The van der Waals surface area contributed by atoms with Crippen molar-refractivity contribution in [3.63, 3.8) is 0 Å². The van der Waals surface area contributed by atoms with Gasteiger partial charge in [-0.15, -0.1) is 0 Å². The van der Waals surface area contributed by atoms with Gasteiger partial charge in [-0.1, -0.05) is 60.7 Å². The van der Waals surface area contributed by atoms with Crippen LogP contribution in [0.2, 0.25) is 0 Å². The second-order valence-electron chi connectivity index (χ2n) is 7.73. The highest BCUT2D eigenvalue weighted by molar-refractivity contribution is 7.95. The normalized spacial score (nSPS) is 23.4. The van der Waals surface area contributed by atoms with Crippen molar-refractivity contribution in [2.24, 2.45) is 0 Å². The molecule has 0 amide bonds. The molecule has 6 nitrogen and oxygen atoms in total. The van der Waals surface area contributed by atoms with Crippen LogP contribution in [0.5, 0.6) is 0 Å². The van der Waals surface area contributed by atoms with Crippen molar-refractivity contribution in [2.75, 3.05) is 37.7 Å². The molecule has 0 bridgehead atoms. The van der Waals surface area contributed by atoms with E-state index in [0.717, 1.165) is 0 Å². The molecule has 2 fully saturated rings. The first kappa shape index (κ1) is 20.5. The number of hydrogen-bond acceptors (Lipinski definition) is 5. The summed E-state index contributed by atoms with van der Waals surface area (Å²) in [5.74, 6) is -0.271. The average Bonchev–Trinajstić information content (AvgIpc) is 3.11. The average molecular weight is 435 g/mol. The molecule has 0 unspecified atom stereocenters. The second kappa shape index (κ2) is 8.18. The Hall–Kier alpha value is -1.74. The summed E-state index contributed by atoms with van der Waals surface area (Å²) in [6.45, 7) is 1.98. The van der Waals surface area contributed by atoms with Crippen molar-refractivity contribution in [1.82, 2.24) is 9.21 Å². The Balaban J connectivity index is 1.51. The Morgan fingerprint density at radius 1 is 0.828 bits per heavy atom. The fourth-order valence-corrected chi connectivity index (χ4v) is 8.82. The zero-order valence-corrected chi connectivity index (χ0v) is 17.9. The Bertz CT molecular complexity index is 993. The number of piperazine rings is 1. The molecule has 4 rings (SSSR count). The van der Waals surface area contributed by atoms with Gasteiger partial charge in [0.05, 0.1) is 22.8 Å². The lowest BCUT2D eigenvalue weighted by atomic mass is 9.96. The van der Waals surface area contributed by atoms with E-state index < -0.39 is 25.1 Å². The molecule has 8 heteroatoms. The molecule has 156 valence electrons. The van der Waals surface area contributed by atoms with Crippen LogP contribution in [-0.2, 0) is 19.9 Å². The van der Waals surface area contributed by atoms with E-state index in [1.54, 1.807) is 0 Å². The van der Waals surface area contributed by atoms with E-state index in [1.165, 1.54) is 15.4 Å². The molecule has 0 spiro atoms. The largest absolute Gasteiger partial charge is 0.290 e. The van der Waals surface area contributed by atoms with Gasteiger partial charge in [-0.05, 0) is 17.5 Å². The summed E-state index contributed by atoms with van der Waals surface area (Å²) >= 11 is 0. The standard InChI is InChI=1S/C21H26N2O4S2/c24-28(25)16-11-20(17-28)29(26,27)23-14-12-22(13-15-23)21(18-7-3-1-4-8-18)19-9-5-2-6-10-19/h1-10,20-21H,11-17H2/t20-/m1/s1. The number of sulfone groups is 1. The molecule has 2 aliphatic rings. The maximum Gasteiger partial charge on any atom is 0.218 e. The van der Waals surface area contributed by atoms with E-state index in [-0.39, 0.29) is 24.0 Å². The molecule has 0 saturated carbocycles. The van der Waals surface area contributed by atoms with Gasteiger partial charge in [0.1, 0.15) is 0 Å². The van der Waals surface area contributed by atoms with Crippen LogP contribution >= 0.6 is 0 Å². The highest BCUT2D eigenvalue weighted by Crippen LogP contribution is 2.31. The Labute approximate surface area is 173 Å². The highest BCUT2D eigenvalue weighted by atomic mass is 32.2. The van der Waals surface area contributed by atoms with Crippen LogP contribution in [0, 0.1) is 0 Å². The molecule has 0 aromatic heterocycles. The summed E-state index contributed by atoms with van der Waals surface area (Å²) in [7, 11) is -6.81. The third-order valence-electron chi connectivity index (χ3n) is 5.84. The predicted molar refractivity (Wildman–Crippen MR) is 114 cm³/mol. The van der Waals surface area contributed by atoms with Gasteiger partial charge in [-0.3, -0.25) is 4.90 Å². The van der Waals surface area contributed by atoms with Gasteiger partial charge in [0.2, 0.25) is 10.0 Å². The van der Waals surface area contributed by atoms with Crippen LogP contribution < -0.4 is 0 Å². The lowest BCUT2D eigenvalue weighted by Crippen LogP contribution is -2.52. The molecule has 0 aliphatic carbocycles. The Morgan fingerprint density at radius 3 is 1.79 bits per heavy atom. The first-order chi connectivity index (χ1) is 13.9. The van der Waals surface area contributed by atoms with Crippen molar-refractivity contribution in [1.29, 1.82) is 0 Å². The molecule has 2 saturated heterocycles. The van der Waals surface area contributed by atoms with E-state index in [4.69, 9.17) is 0 Å². The van der Waals surface area contributed by atoms with Crippen LogP contribution in [-0.4, -0.2) is 69.0 Å². The smallest absolute Gasteiger partial charge is 0.218 e. The molecule has 0 radical (unpaired) electrons. The molecule has 2 aliphatic heterocycles. The number of sulfonamides is 1. The maximum absolute atomic E-state index is 12.9. The molecule has 1 atom stereocenters. The molecular formula is C21H26N2O4S2. The SMILES string of the molecule is O=S1(=O)CC[C@@H](S(=O)(=O)N2CCN(C(c3ccccc3)c3ccccc3)CC2)C1. The predicted octanol–water partition coefficient (Wildman–Crippen LogP) is 1.91. The van der Waals surface area contributed by atoms with E-state index in [0.29, 0.717) is 26.2 Å². The van der Waals surface area contributed by atoms with E-state index >= 15 is 0 Å². The van der Waals surface area contributed by atoms with Crippen LogP contribution in [0.3, 0.4) is 0 Å². The quantitative estimate of drug-likeness (QED) is 0.719. The number of nitrogens with zero attached hydrogens (tertiary/aromatic N) is 2. The summed E-state index contributed by atoms with van der Waals surface area (Å²) in [6.07, 6.45) is 0.210. The van der Waals surface area contributed by atoms with Crippen LogP contribution in [0.4, 0.5) is 0 Å². The Kier molecular flexibility index (Phi) is 5.79. The van der Waals surface area contributed by atoms with Crippen molar-refractivity contribution in [2.45, 2.75) is 17.7 Å². The van der Waals surface area contributed by atoms with Crippen LogP contribution in [0.15, 0.2) is 60.7 Å². The summed E-state index contributed by atoms with van der Waals surface area (Å²) in [6, 6.07) is 20.5. The Morgan fingerprint density at radius 2 is 1.34 bits per heavy atom. The third kappa shape index (κ3) is 4.40. The minimum atomic E-state index is -3.58. The summed E-state index contributed by atoms with van der Waals surface area (Å²) in [4.78, 5) is 2.31. The number of benzene rings is 2. The van der Waals surface area contributed by atoms with Gasteiger partial charge in [0, 0.05) is 26.2 Å². The van der Waals surface area contributed by atoms with E-state index in [1.807, 2.05) is 36.4 Å². The zero-order chi connectivity index (χ0) is 20.5. The first-order valence-electron chi connectivity index (χ1n) is 9.90. The van der Waals surface area contributed by atoms with Crippen molar-refractivity contribution >= 4 is 19.9 Å². The third-order valence-corrected chi connectivity index (χ3v) is 10.1.